The second-order valence-corrected chi connectivity index (χ2v) is 9.51. The van der Waals surface area contributed by atoms with Gasteiger partial charge in [-0.05, 0) is 42.3 Å². The third kappa shape index (κ3) is 5.30. The molecule has 0 radical (unpaired) electrons. The van der Waals surface area contributed by atoms with E-state index in [2.05, 4.69) is 15.4 Å². The Hall–Kier alpha value is -2.75. The summed E-state index contributed by atoms with van der Waals surface area (Å²) < 4.78 is 24.9. The van der Waals surface area contributed by atoms with Gasteiger partial charge in [-0.25, -0.2) is 18.1 Å². The highest BCUT2D eigenvalue weighted by Gasteiger charge is 2.21. The van der Waals surface area contributed by atoms with E-state index in [9.17, 15) is 13.2 Å². The van der Waals surface area contributed by atoms with Gasteiger partial charge in [-0.15, -0.1) is 0 Å². The van der Waals surface area contributed by atoms with Gasteiger partial charge in [0.1, 0.15) is 0 Å². The highest BCUT2D eigenvalue weighted by Crippen LogP contribution is 2.22. The molecule has 0 fully saturated rings. The van der Waals surface area contributed by atoms with E-state index < -0.39 is 9.84 Å². The Bertz CT molecular complexity index is 1160. The summed E-state index contributed by atoms with van der Waals surface area (Å²) in [6.45, 7) is 2.12. The minimum absolute atomic E-state index is 0.00696. The topological polar surface area (TPSA) is 120 Å². The number of hydrogen-bond donors (Lipinski definition) is 2. The summed E-state index contributed by atoms with van der Waals surface area (Å²) >= 11 is 5.95. The molecule has 1 atom stereocenters. The molecule has 164 valence electrons. The number of aromatic nitrogens is 3. The van der Waals surface area contributed by atoms with Crippen LogP contribution in [0.2, 0.25) is 5.02 Å². The minimum atomic E-state index is -3.39. The Kier molecular flexibility index (Phi) is 7.09. The molecule has 31 heavy (non-hydrogen) atoms. The van der Waals surface area contributed by atoms with Crippen LogP contribution in [0.25, 0.3) is 5.69 Å². The van der Waals surface area contributed by atoms with E-state index in [0.29, 0.717) is 22.7 Å². The van der Waals surface area contributed by atoms with Crippen LogP contribution < -0.4 is 11.1 Å². The zero-order valence-electron chi connectivity index (χ0n) is 17.2. The first kappa shape index (κ1) is 22.9. The molecular formula is C21H24ClN5O3S. The van der Waals surface area contributed by atoms with E-state index in [1.807, 2.05) is 6.92 Å². The highest BCUT2D eigenvalue weighted by atomic mass is 35.5. The predicted octanol–water partition coefficient (Wildman–Crippen LogP) is 3.05. The normalized spacial score (nSPS) is 12.5. The van der Waals surface area contributed by atoms with Crippen molar-refractivity contribution in [2.75, 3.05) is 6.26 Å². The van der Waals surface area contributed by atoms with Crippen molar-refractivity contribution in [1.82, 2.24) is 20.1 Å². The van der Waals surface area contributed by atoms with Gasteiger partial charge in [0.05, 0.1) is 29.2 Å². The Morgan fingerprint density at radius 2 is 1.90 bits per heavy atom. The van der Waals surface area contributed by atoms with Crippen molar-refractivity contribution < 1.29 is 13.2 Å². The van der Waals surface area contributed by atoms with Crippen LogP contribution in [0.3, 0.4) is 0 Å². The molecule has 3 aromatic rings. The molecule has 3 N–H and O–H groups in total. The first-order valence-electron chi connectivity index (χ1n) is 9.74. The summed E-state index contributed by atoms with van der Waals surface area (Å²) in [6.07, 6.45) is 5.55. The molecule has 0 bridgehead atoms. The summed E-state index contributed by atoms with van der Waals surface area (Å²) in [4.78, 5) is 17.1. The van der Waals surface area contributed by atoms with Gasteiger partial charge in [0.2, 0.25) is 0 Å². The Morgan fingerprint density at radius 1 is 1.19 bits per heavy atom. The van der Waals surface area contributed by atoms with Crippen molar-refractivity contribution >= 4 is 27.3 Å². The number of halogens is 1. The first-order valence-corrected chi connectivity index (χ1v) is 12.0. The van der Waals surface area contributed by atoms with Crippen LogP contribution in [-0.2, 0) is 16.4 Å². The molecule has 0 aliphatic carbocycles. The fraction of sp³-hybridized carbons (Fsp3) is 0.286. The van der Waals surface area contributed by atoms with E-state index in [-0.39, 0.29) is 23.5 Å². The molecule has 0 saturated carbocycles. The molecule has 1 unspecified atom stereocenters. The lowest BCUT2D eigenvalue weighted by Gasteiger charge is -2.19. The standard InChI is InChI=1S/C21H24ClN5O3S/c1-3-4-18(14-5-10-20(24-12-14)31(2,29)30)26-21(28)17-13-25-27(19(17)11-23)16-8-6-15(22)7-9-16/h5-10,12-13,18H,3-4,11,23H2,1-2H3,(H,26,28). The van der Waals surface area contributed by atoms with Crippen LogP contribution in [0.5, 0.6) is 0 Å². The van der Waals surface area contributed by atoms with Crippen molar-refractivity contribution in [3.63, 3.8) is 0 Å². The number of rotatable bonds is 8. The smallest absolute Gasteiger partial charge is 0.255 e. The average Bonchev–Trinajstić information content (AvgIpc) is 3.17. The minimum Gasteiger partial charge on any atom is -0.345 e. The summed E-state index contributed by atoms with van der Waals surface area (Å²) in [7, 11) is -3.39. The molecule has 2 aromatic heterocycles. The Balaban J connectivity index is 1.86. The molecule has 2 heterocycles. The lowest BCUT2D eigenvalue weighted by Crippen LogP contribution is -2.29. The number of pyridine rings is 1. The van der Waals surface area contributed by atoms with Gasteiger partial charge in [-0.2, -0.15) is 5.10 Å². The van der Waals surface area contributed by atoms with E-state index >= 15 is 0 Å². The average molecular weight is 462 g/mol. The number of nitrogens with one attached hydrogen (secondary N) is 1. The molecule has 1 amide bonds. The molecule has 0 aliphatic rings. The zero-order chi connectivity index (χ0) is 22.6. The summed E-state index contributed by atoms with van der Waals surface area (Å²) in [6, 6.07) is 9.86. The lowest BCUT2D eigenvalue weighted by atomic mass is 10.0. The second kappa shape index (κ2) is 9.59. The third-order valence-electron chi connectivity index (χ3n) is 4.80. The van der Waals surface area contributed by atoms with E-state index in [1.165, 1.54) is 18.5 Å². The van der Waals surface area contributed by atoms with E-state index in [0.717, 1.165) is 23.9 Å². The SMILES string of the molecule is CCCC(NC(=O)c1cnn(-c2ccc(Cl)cc2)c1CN)c1ccc(S(C)(=O)=O)nc1. The number of sulfone groups is 1. The summed E-state index contributed by atoms with van der Waals surface area (Å²) in [5.74, 6) is -0.314. The van der Waals surface area contributed by atoms with Gasteiger partial charge < -0.3 is 11.1 Å². The monoisotopic (exact) mass is 461 g/mol. The number of nitrogens with zero attached hydrogens (tertiary/aromatic N) is 3. The Labute approximate surface area is 186 Å². The van der Waals surface area contributed by atoms with Gasteiger partial charge in [-0.3, -0.25) is 4.79 Å². The number of carbonyl (C=O) groups is 1. The molecule has 0 saturated heterocycles. The highest BCUT2D eigenvalue weighted by molar-refractivity contribution is 7.90. The second-order valence-electron chi connectivity index (χ2n) is 7.11. The summed E-state index contributed by atoms with van der Waals surface area (Å²) in [5.41, 5.74) is 8.34. The molecule has 1 aromatic carbocycles. The summed E-state index contributed by atoms with van der Waals surface area (Å²) in [5, 5.41) is 7.92. The largest absolute Gasteiger partial charge is 0.345 e. The molecule has 0 spiro atoms. The number of carbonyl (C=O) groups excluding carboxylic acids is 1. The number of amides is 1. The number of benzene rings is 1. The van der Waals surface area contributed by atoms with Gasteiger partial charge in [0.25, 0.3) is 5.91 Å². The predicted molar refractivity (Wildman–Crippen MR) is 119 cm³/mol. The van der Waals surface area contributed by atoms with Crippen molar-refractivity contribution in [3.8, 4) is 5.69 Å². The van der Waals surface area contributed by atoms with Crippen LogP contribution in [0.15, 0.2) is 53.8 Å². The quantitative estimate of drug-likeness (QED) is 0.532. The van der Waals surface area contributed by atoms with Crippen molar-refractivity contribution in [2.45, 2.75) is 37.4 Å². The van der Waals surface area contributed by atoms with Gasteiger partial charge in [0, 0.05) is 24.0 Å². The van der Waals surface area contributed by atoms with Gasteiger partial charge in [-0.1, -0.05) is 31.0 Å². The van der Waals surface area contributed by atoms with Crippen molar-refractivity contribution in [2.24, 2.45) is 5.73 Å². The Morgan fingerprint density at radius 3 is 2.45 bits per heavy atom. The van der Waals surface area contributed by atoms with Crippen LogP contribution >= 0.6 is 11.6 Å². The maximum Gasteiger partial charge on any atom is 0.255 e. The van der Waals surface area contributed by atoms with Gasteiger partial charge in [0.15, 0.2) is 14.9 Å². The van der Waals surface area contributed by atoms with Crippen LogP contribution in [-0.4, -0.2) is 35.3 Å². The fourth-order valence-corrected chi connectivity index (χ4v) is 3.91. The molecule has 8 nitrogen and oxygen atoms in total. The maximum absolute atomic E-state index is 13.1. The third-order valence-corrected chi connectivity index (χ3v) is 6.06. The first-order chi connectivity index (χ1) is 14.7. The van der Waals surface area contributed by atoms with Gasteiger partial charge >= 0.3 is 0 Å². The van der Waals surface area contributed by atoms with Crippen LogP contribution in [0.4, 0.5) is 0 Å². The van der Waals surface area contributed by atoms with Crippen molar-refractivity contribution in [1.29, 1.82) is 0 Å². The number of nitrogens with two attached hydrogens (primary N) is 1. The van der Waals surface area contributed by atoms with E-state index in [1.54, 1.807) is 35.0 Å². The molecule has 10 heteroatoms. The fourth-order valence-electron chi connectivity index (χ4n) is 3.23. The maximum atomic E-state index is 13.1. The van der Waals surface area contributed by atoms with E-state index in [4.69, 9.17) is 17.3 Å². The van der Waals surface area contributed by atoms with Crippen LogP contribution in [0.1, 0.15) is 47.4 Å². The number of hydrogen-bond acceptors (Lipinski definition) is 6. The molecular weight excluding hydrogens is 438 g/mol. The van der Waals surface area contributed by atoms with Crippen LogP contribution in [0, 0.1) is 0 Å². The molecule has 3 rings (SSSR count). The molecule has 0 aliphatic heterocycles. The zero-order valence-corrected chi connectivity index (χ0v) is 18.8. The van der Waals surface area contributed by atoms with Crippen molar-refractivity contribution in [3.05, 3.63) is 70.6 Å². The lowest BCUT2D eigenvalue weighted by molar-refractivity contribution is 0.0933.